The number of amides is 1. The van der Waals surface area contributed by atoms with Crippen LogP contribution in [0.15, 0.2) is 60.2 Å². The second-order valence-corrected chi connectivity index (χ2v) is 10.4. The van der Waals surface area contributed by atoms with E-state index in [-0.39, 0.29) is 5.75 Å². The predicted octanol–water partition coefficient (Wildman–Crippen LogP) is 5.41. The highest BCUT2D eigenvalue weighted by atomic mass is 19.3. The van der Waals surface area contributed by atoms with Gasteiger partial charge in [0.05, 0.1) is 6.54 Å². The summed E-state index contributed by atoms with van der Waals surface area (Å²) >= 11 is 0. The maximum Gasteiger partial charge on any atom is 0.287 e. The van der Waals surface area contributed by atoms with Gasteiger partial charge >= 0.3 is 0 Å². The van der Waals surface area contributed by atoms with Gasteiger partial charge in [0.2, 0.25) is 5.91 Å². The van der Waals surface area contributed by atoms with Crippen molar-refractivity contribution in [2.75, 3.05) is 13.2 Å². The van der Waals surface area contributed by atoms with Crippen LogP contribution in [0.5, 0.6) is 5.75 Å². The van der Waals surface area contributed by atoms with E-state index in [2.05, 4.69) is 17.4 Å². The van der Waals surface area contributed by atoms with E-state index in [1.165, 1.54) is 43.8 Å². The Balaban J connectivity index is 1.41. The molecule has 0 radical (unpaired) electrons. The number of hydrogen-bond acceptors (Lipinski definition) is 3. The van der Waals surface area contributed by atoms with Crippen LogP contribution in [0.25, 0.3) is 11.6 Å². The SMILES string of the molecule is O=C(/C=C/c1ccc(C(=C2C3CC4CC(C3)CC2C4)c2ccc(O)cc2)cc1)NCC(F)(F)CO. The minimum Gasteiger partial charge on any atom is -0.508 e. The number of carbonyl (C=O) groups is 1. The molecule has 0 heterocycles. The minimum absolute atomic E-state index is 0.249. The van der Waals surface area contributed by atoms with E-state index < -0.39 is 25.0 Å². The predicted molar refractivity (Wildman–Crippen MR) is 132 cm³/mol. The first kappa shape index (κ1) is 23.7. The molecule has 4 aliphatic carbocycles. The molecule has 184 valence electrons. The lowest BCUT2D eigenvalue weighted by Crippen LogP contribution is -2.40. The van der Waals surface area contributed by atoms with Gasteiger partial charge in [-0.15, -0.1) is 0 Å². The maximum atomic E-state index is 13.1. The molecule has 4 nitrogen and oxygen atoms in total. The molecule has 6 heteroatoms. The van der Waals surface area contributed by atoms with Crippen LogP contribution in [-0.4, -0.2) is 35.2 Å². The molecule has 1 amide bonds. The zero-order valence-electron chi connectivity index (χ0n) is 19.6. The second-order valence-electron chi connectivity index (χ2n) is 10.4. The number of aliphatic hydroxyl groups is 1. The van der Waals surface area contributed by atoms with Gasteiger partial charge < -0.3 is 15.5 Å². The summed E-state index contributed by atoms with van der Waals surface area (Å²) in [6.45, 7) is -2.21. The van der Waals surface area contributed by atoms with E-state index in [9.17, 15) is 18.7 Å². The number of allylic oxidation sites excluding steroid dienone is 1. The van der Waals surface area contributed by atoms with Crippen LogP contribution in [0.2, 0.25) is 0 Å². The number of rotatable bonds is 7. The number of aliphatic hydroxyl groups excluding tert-OH is 1. The molecule has 0 aliphatic heterocycles. The summed E-state index contributed by atoms with van der Waals surface area (Å²) in [7, 11) is 0. The van der Waals surface area contributed by atoms with Crippen LogP contribution >= 0.6 is 0 Å². The molecule has 6 rings (SSSR count). The van der Waals surface area contributed by atoms with Crippen molar-refractivity contribution in [3.63, 3.8) is 0 Å². The maximum absolute atomic E-state index is 13.1. The average molecular weight is 480 g/mol. The molecule has 3 N–H and O–H groups in total. The minimum atomic E-state index is -3.33. The van der Waals surface area contributed by atoms with Gasteiger partial charge in [0, 0.05) is 6.08 Å². The van der Waals surface area contributed by atoms with Crippen molar-refractivity contribution < 1.29 is 23.8 Å². The molecule has 0 spiro atoms. The summed E-state index contributed by atoms with van der Waals surface area (Å²) in [6.07, 6.45) is 9.29. The van der Waals surface area contributed by atoms with Crippen molar-refractivity contribution in [3.8, 4) is 5.75 Å². The molecular formula is C29H31F2NO3. The third-order valence-electron chi connectivity index (χ3n) is 7.84. The molecule has 0 aromatic heterocycles. The zero-order chi connectivity index (χ0) is 24.6. The number of nitrogens with one attached hydrogen (secondary N) is 1. The lowest BCUT2D eigenvalue weighted by atomic mass is 9.53. The summed E-state index contributed by atoms with van der Waals surface area (Å²) in [6, 6.07) is 15.4. The molecule has 4 fully saturated rings. The number of phenolic OH excluding ortho intramolecular Hbond substituents is 1. The molecule has 0 saturated heterocycles. The van der Waals surface area contributed by atoms with Gasteiger partial charge in [-0.1, -0.05) is 42.0 Å². The molecule has 4 bridgehead atoms. The van der Waals surface area contributed by atoms with Gasteiger partial charge in [0.15, 0.2) is 0 Å². The van der Waals surface area contributed by atoms with Crippen molar-refractivity contribution in [1.29, 1.82) is 0 Å². The lowest BCUT2D eigenvalue weighted by Gasteiger charge is -2.52. The third kappa shape index (κ3) is 5.18. The number of alkyl halides is 2. The third-order valence-corrected chi connectivity index (χ3v) is 7.84. The van der Waals surface area contributed by atoms with Crippen molar-refractivity contribution >= 4 is 17.6 Å². The number of aromatic hydroxyl groups is 1. The fourth-order valence-corrected chi connectivity index (χ4v) is 6.49. The number of phenols is 1. The molecule has 0 unspecified atom stereocenters. The molecule has 4 saturated carbocycles. The Morgan fingerprint density at radius 3 is 2.00 bits per heavy atom. The van der Waals surface area contributed by atoms with Gasteiger partial charge in [-0.2, -0.15) is 0 Å². The zero-order valence-corrected chi connectivity index (χ0v) is 19.6. The largest absolute Gasteiger partial charge is 0.508 e. The molecule has 2 aromatic rings. The second kappa shape index (κ2) is 9.57. The van der Waals surface area contributed by atoms with Gasteiger partial charge in [-0.3, -0.25) is 4.79 Å². The number of benzene rings is 2. The van der Waals surface area contributed by atoms with Gasteiger partial charge in [-0.25, -0.2) is 8.78 Å². The topological polar surface area (TPSA) is 69.6 Å². The monoisotopic (exact) mass is 479 g/mol. The smallest absolute Gasteiger partial charge is 0.287 e. The Morgan fingerprint density at radius 2 is 1.46 bits per heavy atom. The fraction of sp³-hybridized carbons (Fsp3) is 0.414. The molecular weight excluding hydrogens is 448 g/mol. The summed E-state index contributed by atoms with van der Waals surface area (Å²) in [5.41, 5.74) is 5.84. The van der Waals surface area contributed by atoms with Crippen LogP contribution in [0.4, 0.5) is 8.78 Å². The van der Waals surface area contributed by atoms with E-state index >= 15 is 0 Å². The first-order chi connectivity index (χ1) is 16.8. The first-order valence-electron chi connectivity index (χ1n) is 12.4. The van der Waals surface area contributed by atoms with E-state index in [1.54, 1.807) is 23.8 Å². The number of carbonyl (C=O) groups excluding carboxylic acids is 1. The highest BCUT2D eigenvalue weighted by molar-refractivity contribution is 5.92. The number of halogens is 2. The first-order valence-corrected chi connectivity index (χ1v) is 12.4. The van der Waals surface area contributed by atoms with Crippen LogP contribution in [0.1, 0.15) is 48.8 Å². The van der Waals surface area contributed by atoms with Crippen molar-refractivity contribution in [3.05, 3.63) is 76.9 Å². The lowest BCUT2D eigenvalue weighted by molar-refractivity contribution is -0.119. The van der Waals surface area contributed by atoms with Crippen molar-refractivity contribution in [2.45, 2.75) is 38.0 Å². The highest BCUT2D eigenvalue weighted by Crippen LogP contribution is 2.58. The highest BCUT2D eigenvalue weighted by Gasteiger charge is 2.46. The van der Waals surface area contributed by atoms with Crippen LogP contribution in [-0.2, 0) is 4.79 Å². The van der Waals surface area contributed by atoms with Gasteiger partial charge in [0.1, 0.15) is 12.4 Å². The summed E-state index contributed by atoms with van der Waals surface area (Å²) in [5, 5.41) is 20.6. The standard InChI is InChI=1S/C29H31F2NO3/c30-29(31,17-33)16-32-26(35)10-3-18-1-4-21(5-2-18)27(22-6-8-25(34)9-7-22)28-23-12-19-11-20(14-23)15-24(28)13-19/h1-10,19-20,23-24,33-34H,11-17H2,(H,32,35)/b10-3+,28-27?. The average Bonchev–Trinajstić information content (AvgIpc) is 2.84. The Hall–Kier alpha value is -2.99. The van der Waals surface area contributed by atoms with Crippen molar-refractivity contribution in [1.82, 2.24) is 5.32 Å². The van der Waals surface area contributed by atoms with Crippen LogP contribution in [0, 0.1) is 23.7 Å². The van der Waals surface area contributed by atoms with E-state index in [4.69, 9.17) is 5.11 Å². The van der Waals surface area contributed by atoms with Gasteiger partial charge in [-0.05, 0) is 96.2 Å². The Labute approximate surface area is 204 Å². The van der Waals surface area contributed by atoms with Crippen LogP contribution < -0.4 is 5.32 Å². The summed E-state index contributed by atoms with van der Waals surface area (Å²) in [4.78, 5) is 11.9. The normalized spacial score (nSPS) is 25.3. The Kier molecular flexibility index (Phi) is 6.49. The molecule has 35 heavy (non-hydrogen) atoms. The van der Waals surface area contributed by atoms with Crippen LogP contribution in [0.3, 0.4) is 0 Å². The Bertz CT molecular complexity index is 1110. The van der Waals surface area contributed by atoms with E-state index in [0.29, 0.717) is 11.8 Å². The van der Waals surface area contributed by atoms with Gasteiger partial charge in [0.25, 0.3) is 5.92 Å². The summed E-state index contributed by atoms with van der Waals surface area (Å²) in [5.74, 6) is -0.759. The van der Waals surface area contributed by atoms with Crippen molar-refractivity contribution in [2.24, 2.45) is 23.7 Å². The van der Waals surface area contributed by atoms with E-state index in [0.717, 1.165) is 28.5 Å². The fourth-order valence-electron chi connectivity index (χ4n) is 6.49. The summed E-state index contributed by atoms with van der Waals surface area (Å²) < 4.78 is 26.2. The number of hydrogen-bond donors (Lipinski definition) is 3. The Morgan fingerprint density at radius 1 is 0.914 bits per heavy atom. The molecule has 4 aliphatic rings. The molecule has 2 aromatic carbocycles. The van der Waals surface area contributed by atoms with E-state index in [1.807, 2.05) is 24.3 Å². The quantitative estimate of drug-likeness (QED) is 0.466. The molecule has 0 atom stereocenters.